The number of rotatable bonds is 3. The Morgan fingerprint density at radius 2 is 1.04 bits per heavy atom. The van der Waals surface area contributed by atoms with Gasteiger partial charge in [-0.25, -0.2) is 0 Å². The molecule has 0 aliphatic heterocycles. The lowest BCUT2D eigenvalue weighted by atomic mass is 10.2. The molecule has 1 fully saturated rings. The van der Waals surface area contributed by atoms with Crippen molar-refractivity contribution in [1.82, 2.24) is 0 Å². The van der Waals surface area contributed by atoms with Gasteiger partial charge in [-0.15, -0.1) is 0 Å². The molecule has 0 heterocycles. The summed E-state index contributed by atoms with van der Waals surface area (Å²) >= 11 is 0. The molecule has 3 rings (SSSR count). The van der Waals surface area contributed by atoms with E-state index in [4.69, 9.17) is 0 Å². The molecule has 0 amide bonds. The second kappa shape index (κ2) is 7.43. The van der Waals surface area contributed by atoms with Crippen molar-refractivity contribution < 1.29 is 17.3 Å². The smallest absolute Gasteiger partial charge is 0.418 e. The highest BCUT2D eigenvalue weighted by Crippen LogP contribution is 2.40. The van der Waals surface area contributed by atoms with Crippen LogP contribution in [0, 0.1) is 13.8 Å². The van der Waals surface area contributed by atoms with Crippen molar-refractivity contribution >= 4 is 18.1 Å². The summed E-state index contributed by atoms with van der Waals surface area (Å²) < 4.78 is 39.0. The van der Waals surface area contributed by atoms with Gasteiger partial charge in [-0.05, 0) is 38.1 Å². The van der Waals surface area contributed by atoms with Gasteiger partial charge in [0.15, 0.2) is 9.79 Å². The number of halogens is 4. The fraction of sp³-hybridized carbons (Fsp3) is 0.294. The molecule has 0 N–H and O–H groups in total. The van der Waals surface area contributed by atoms with Crippen LogP contribution in [0.3, 0.4) is 0 Å². The highest BCUT2D eigenvalue weighted by atomic mass is 32.2. The Morgan fingerprint density at radius 3 is 1.30 bits per heavy atom. The molecule has 23 heavy (non-hydrogen) atoms. The zero-order valence-electron chi connectivity index (χ0n) is 13.1. The summed E-state index contributed by atoms with van der Waals surface area (Å²) in [4.78, 5) is 3.01. The van der Waals surface area contributed by atoms with Gasteiger partial charge < -0.3 is 17.3 Å². The first-order valence-electron chi connectivity index (χ1n) is 7.48. The molecule has 124 valence electrons. The lowest BCUT2D eigenvalue weighted by Crippen LogP contribution is -2.09. The van der Waals surface area contributed by atoms with Gasteiger partial charge >= 0.3 is 7.25 Å². The highest BCUT2D eigenvalue weighted by Gasteiger charge is 2.43. The molecule has 1 aliphatic carbocycles. The summed E-state index contributed by atoms with van der Waals surface area (Å²) in [6.07, 6.45) is 2.79. The van der Waals surface area contributed by atoms with Crippen molar-refractivity contribution in [2.75, 3.05) is 0 Å². The average Bonchev–Trinajstić information content (AvgIpc) is 3.26. The molecule has 0 atom stereocenters. The molecular formula is C17H19BF4S. The van der Waals surface area contributed by atoms with Gasteiger partial charge in [0.25, 0.3) is 0 Å². The maximum atomic E-state index is 9.75. The van der Waals surface area contributed by atoms with Crippen LogP contribution in [0.15, 0.2) is 58.3 Å². The quantitative estimate of drug-likeness (QED) is 0.376. The van der Waals surface area contributed by atoms with Crippen molar-refractivity contribution in [3.8, 4) is 0 Å². The van der Waals surface area contributed by atoms with Crippen molar-refractivity contribution in [1.29, 1.82) is 0 Å². The summed E-state index contributed by atoms with van der Waals surface area (Å²) in [5, 5.41) is 0.885. The third-order valence-electron chi connectivity index (χ3n) is 3.41. The van der Waals surface area contributed by atoms with Crippen molar-refractivity contribution in [3.05, 3.63) is 59.7 Å². The van der Waals surface area contributed by atoms with E-state index in [2.05, 4.69) is 62.4 Å². The lowest BCUT2D eigenvalue weighted by molar-refractivity contribution is 0.368. The minimum atomic E-state index is -6.00. The summed E-state index contributed by atoms with van der Waals surface area (Å²) in [6.45, 7) is 4.32. The lowest BCUT2D eigenvalue weighted by Gasteiger charge is -2.07. The average molecular weight is 342 g/mol. The first kappa shape index (κ1) is 17.9. The summed E-state index contributed by atoms with van der Waals surface area (Å²) in [5.41, 5.74) is 2.70. The monoisotopic (exact) mass is 342 g/mol. The zero-order valence-corrected chi connectivity index (χ0v) is 13.9. The fourth-order valence-corrected chi connectivity index (χ4v) is 4.70. The molecule has 6 heteroatoms. The molecule has 0 saturated heterocycles. The number of aryl methyl sites for hydroxylation is 2. The SMILES string of the molecule is Cc1ccc([S+](c2ccc(C)cc2)C2CC2)cc1.F[B-](F)(F)F. The van der Waals surface area contributed by atoms with Gasteiger partial charge in [-0.1, -0.05) is 35.4 Å². The molecule has 0 bridgehead atoms. The van der Waals surface area contributed by atoms with Crippen LogP contribution in [-0.4, -0.2) is 12.5 Å². The Hall–Kier alpha value is -1.43. The summed E-state index contributed by atoms with van der Waals surface area (Å²) in [5.74, 6) is 0. The van der Waals surface area contributed by atoms with E-state index < -0.39 is 7.25 Å². The topological polar surface area (TPSA) is 0 Å². The van der Waals surface area contributed by atoms with E-state index in [0.717, 1.165) is 5.25 Å². The molecule has 0 unspecified atom stereocenters. The Labute approximate surface area is 137 Å². The number of hydrogen-bond donors (Lipinski definition) is 0. The van der Waals surface area contributed by atoms with Gasteiger partial charge in [0.05, 0.1) is 10.9 Å². The van der Waals surface area contributed by atoms with E-state index >= 15 is 0 Å². The first-order valence-corrected chi connectivity index (χ1v) is 8.76. The van der Waals surface area contributed by atoms with Crippen LogP contribution in [0.5, 0.6) is 0 Å². The predicted molar refractivity (Wildman–Crippen MR) is 89.5 cm³/mol. The highest BCUT2D eigenvalue weighted by molar-refractivity contribution is 7.97. The minimum absolute atomic E-state index is 0.292. The molecule has 1 saturated carbocycles. The second-order valence-corrected chi connectivity index (χ2v) is 7.94. The van der Waals surface area contributed by atoms with Crippen LogP contribution in [0.4, 0.5) is 17.3 Å². The standard InChI is InChI=1S/C17H19S.BF4/c1-13-3-7-15(8-4-13)18(17-11-12-17)16-9-5-14(2)6-10-16;2-1(3,4)5/h3-10,17H,11-12H2,1-2H3;/q+1;-1. The number of benzene rings is 2. The molecule has 2 aromatic carbocycles. The third kappa shape index (κ3) is 6.30. The van der Waals surface area contributed by atoms with Crippen molar-refractivity contribution in [2.45, 2.75) is 41.7 Å². The van der Waals surface area contributed by atoms with E-state index in [9.17, 15) is 17.3 Å². The second-order valence-electron chi connectivity index (χ2n) is 5.66. The predicted octanol–water partition coefficient (Wildman–Crippen LogP) is 5.80. The van der Waals surface area contributed by atoms with Crippen LogP contribution in [-0.2, 0) is 10.9 Å². The van der Waals surface area contributed by atoms with Crippen LogP contribution < -0.4 is 0 Å². The van der Waals surface area contributed by atoms with E-state index in [1.165, 1.54) is 33.8 Å². The zero-order chi connectivity index (χ0) is 17.0. The van der Waals surface area contributed by atoms with Crippen LogP contribution in [0.1, 0.15) is 24.0 Å². The van der Waals surface area contributed by atoms with Crippen LogP contribution in [0.25, 0.3) is 0 Å². The molecule has 0 nitrogen and oxygen atoms in total. The molecule has 0 aromatic heterocycles. The van der Waals surface area contributed by atoms with Gasteiger partial charge in [-0.2, -0.15) is 0 Å². The number of hydrogen-bond acceptors (Lipinski definition) is 0. The minimum Gasteiger partial charge on any atom is -0.418 e. The molecule has 2 aromatic rings. The normalized spacial score (nSPS) is 14.4. The van der Waals surface area contributed by atoms with Crippen LogP contribution >= 0.6 is 0 Å². The van der Waals surface area contributed by atoms with Crippen LogP contribution in [0.2, 0.25) is 0 Å². The third-order valence-corrected chi connectivity index (χ3v) is 6.11. The maximum Gasteiger partial charge on any atom is 0.673 e. The summed E-state index contributed by atoms with van der Waals surface area (Å²) in [6, 6.07) is 18.2. The Morgan fingerprint density at radius 1 is 0.739 bits per heavy atom. The summed E-state index contributed by atoms with van der Waals surface area (Å²) in [7, 11) is -5.71. The van der Waals surface area contributed by atoms with E-state index in [1.807, 2.05) is 0 Å². The van der Waals surface area contributed by atoms with Gasteiger partial charge in [0.2, 0.25) is 0 Å². The van der Waals surface area contributed by atoms with E-state index in [1.54, 1.807) is 0 Å². The first-order chi connectivity index (χ1) is 10.7. The molecule has 0 radical (unpaired) electrons. The molecule has 0 spiro atoms. The van der Waals surface area contributed by atoms with Gasteiger partial charge in [0, 0.05) is 12.8 Å². The van der Waals surface area contributed by atoms with E-state index in [0.29, 0.717) is 10.9 Å². The maximum absolute atomic E-state index is 9.75. The van der Waals surface area contributed by atoms with Crippen molar-refractivity contribution in [2.24, 2.45) is 0 Å². The largest absolute Gasteiger partial charge is 0.673 e. The van der Waals surface area contributed by atoms with Crippen molar-refractivity contribution in [3.63, 3.8) is 0 Å². The molecule has 1 aliphatic rings. The van der Waals surface area contributed by atoms with Gasteiger partial charge in [-0.3, -0.25) is 0 Å². The Balaban J connectivity index is 0.000000338. The fourth-order valence-electron chi connectivity index (χ4n) is 2.19. The Bertz CT molecular complexity index is 567. The van der Waals surface area contributed by atoms with E-state index in [-0.39, 0.29) is 0 Å². The van der Waals surface area contributed by atoms with Gasteiger partial charge in [0.1, 0.15) is 5.25 Å². The Kier molecular flexibility index (Phi) is 5.79. The molecular weight excluding hydrogens is 323 g/mol.